The van der Waals surface area contributed by atoms with Gasteiger partial charge < -0.3 is 30.3 Å². The standard InChI is InChI=1S/C28H37N7O5/c1-19(36)33(4)21-13-14-34(15-21)27(38)40-17-22-11-8-12-24-31-32-25(35(22)24)23(30-26(37)28(2,3)29)18-39-16-20-9-6-5-7-10-20/h5-12,21,23H,13-18,29H2,1-4H3,(H,30,37)/t21?,23-/m1/s1. The Morgan fingerprint density at radius 2 is 1.88 bits per heavy atom. The highest BCUT2D eigenvalue weighted by atomic mass is 16.6. The number of nitrogens with one attached hydrogen (secondary N) is 1. The van der Waals surface area contributed by atoms with Gasteiger partial charge in [-0.05, 0) is 38.0 Å². The van der Waals surface area contributed by atoms with Crippen LogP contribution >= 0.6 is 0 Å². The van der Waals surface area contributed by atoms with Crippen molar-refractivity contribution in [2.24, 2.45) is 5.73 Å². The summed E-state index contributed by atoms with van der Waals surface area (Å²) in [6, 6.07) is 14.4. The van der Waals surface area contributed by atoms with Gasteiger partial charge in [0.15, 0.2) is 11.5 Å². The van der Waals surface area contributed by atoms with Crippen molar-refractivity contribution in [2.75, 3.05) is 26.7 Å². The van der Waals surface area contributed by atoms with E-state index in [0.717, 1.165) is 5.56 Å². The fourth-order valence-electron chi connectivity index (χ4n) is 4.47. The van der Waals surface area contributed by atoms with E-state index >= 15 is 0 Å². The van der Waals surface area contributed by atoms with Gasteiger partial charge in [0.1, 0.15) is 12.6 Å². The van der Waals surface area contributed by atoms with Crippen LogP contribution < -0.4 is 11.1 Å². The Kier molecular flexibility index (Phi) is 9.00. The predicted molar refractivity (Wildman–Crippen MR) is 147 cm³/mol. The molecule has 3 aromatic rings. The van der Waals surface area contributed by atoms with Gasteiger partial charge in [-0.25, -0.2) is 4.79 Å². The highest BCUT2D eigenvalue weighted by Gasteiger charge is 2.31. The monoisotopic (exact) mass is 551 g/mol. The number of carbonyl (C=O) groups excluding carboxylic acids is 3. The number of rotatable bonds is 10. The minimum atomic E-state index is -1.12. The third-order valence-electron chi connectivity index (χ3n) is 6.94. The summed E-state index contributed by atoms with van der Waals surface area (Å²) in [5.74, 6) is 0.0108. The summed E-state index contributed by atoms with van der Waals surface area (Å²) in [7, 11) is 1.74. The van der Waals surface area contributed by atoms with Crippen molar-refractivity contribution < 1.29 is 23.9 Å². The molecule has 1 fully saturated rings. The van der Waals surface area contributed by atoms with E-state index in [1.54, 1.807) is 53.3 Å². The second-order valence-electron chi connectivity index (χ2n) is 10.6. The molecule has 0 saturated carbocycles. The van der Waals surface area contributed by atoms with Crippen LogP contribution in [0.1, 0.15) is 50.3 Å². The van der Waals surface area contributed by atoms with Crippen LogP contribution in [-0.2, 0) is 32.3 Å². The first kappa shape index (κ1) is 29.0. The maximum atomic E-state index is 12.9. The molecule has 3 N–H and O–H groups in total. The number of likely N-dealkylation sites (tertiary alicyclic amines) is 1. The van der Waals surface area contributed by atoms with Gasteiger partial charge in [0.2, 0.25) is 11.8 Å². The molecule has 1 unspecified atom stereocenters. The zero-order valence-corrected chi connectivity index (χ0v) is 23.4. The number of pyridine rings is 1. The molecule has 214 valence electrons. The lowest BCUT2D eigenvalue weighted by atomic mass is 10.1. The first-order valence-corrected chi connectivity index (χ1v) is 13.2. The Morgan fingerprint density at radius 1 is 1.12 bits per heavy atom. The highest BCUT2D eigenvalue weighted by Crippen LogP contribution is 2.20. The lowest BCUT2D eigenvalue weighted by molar-refractivity contribution is -0.129. The van der Waals surface area contributed by atoms with Gasteiger partial charge in [-0.15, -0.1) is 10.2 Å². The molecule has 3 heterocycles. The zero-order chi connectivity index (χ0) is 28.9. The van der Waals surface area contributed by atoms with Crippen molar-refractivity contribution >= 4 is 23.6 Å². The molecule has 2 aromatic heterocycles. The van der Waals surface area contributed by atoms with E-state index in [9.17, 15) is 14.4 Å². The number of likely N-dealkylation sites (N-methyl/N-ethyl adjacent to an activating group) is 1. The van der Waals surface area contributed by atoms with E-state index in [2.05, 4.69) is 15.5 Å². The van der Waals surface area contributed by atoms with Gasteiger partial charge in [-0.1, -0.05) is 36.4 Å². The van der Waals surface area contributed by atoms with Crippen molar-refractivity contribution in [3.63, 3.8) is 0 Å². The SMILES string of the molecule is CC(=O)N(C)C1CCN(C(=O)OCc2cccc3nnc([C@@H](COCc4ccccc4)NC(=O)C(C)(C)N)n23)C1. The number of ether oxygens (including phenoxy) is 2. The number of benzene rings is 1. The third-order valence-corrected chi connectivity index (χ3v) is 6.94. The summed E-state index contributed by atoms with van der Waals surface area (Å²) in [4.78, 5) is 40.6. The Balaban J connectivity index is 1.51. The molecule has 1 saturated heterocycles. The molecule has 1 aromatic carbocycles. The van der Waals surface area contributed by atoms with Crippen LogP contribution in [0.5, 0.6) is 0 Å². The molecule has 1 aliphatic heterocycles. The topological polar surface area (TPSA) is 144 Å². The van der Waals surface area contributed by atoms with Gasteiger partial charge in [0.25, 0.3) is 0 Å². The number of amides is 3. The maximum Gasteiger partial charge on any atom is 0.410 e. The Morgan fingerprint density at radius 3 is 2.58 bits per heavy atom. The molecule has 12 heteroatoms. The largest absolute Gasteiger partial charge is 0.443 e. The van der Waals surface area contributed by atoms with Crippen LogP contribution in [0.4, 0.5) is 4.79 Å². The number of carbonyl (C=O) groups is 3. The summed E-state index contributed by atoms with van der Waals surface area (Å²) in [5, 5.41) is 11.6. The van der Waals surface area contributed by atoms with Crippen LogP contribution in [0.25, 0.3) is 5.65 Å². The molecule has 0 aliphatic carbocycles. The lowest BCUT2D eigenvalue weighted by Crippen LogP contribution is -2.51. The smallest absolute Gasteiger partial charge is 0.410 e. The van der Waals surface area contributed by atoms with E-state index < -0.39 is 17.7 Å². The normalized spacial score (nSPS) is 16.1. The van der Waals surface area contributed by atoms with Gasteiger partial charge in [-0.3, -0.25) is 14.0 Å². The van der Waals surface area contributed by atoms with Crippen molar-refractivity contribution in [1.29, 1.82) is 0 Å². The minimum absolute atomic E-state index is 0.0371. The van der Waals surface area contributed by atoms with Crippen LogP contribution in [0.2, 0.25) is 0 Å². The average Bonchev–Trinajstić information content (AvgIpc) is 3.59. The van der Waals surface area contributed by atoms with Gasteiger partial charge in [-0.2, -0.15) is 0 Å². The number of hydrogen-bond acceptors (Lipinski definition) is 8. The minimum Gasteiger partial charge on any atom is -0.443 e. The van der Waals surface area contributed by atoms with E-state index in [4.69, 9.17) is 15.2 Å². The van der Waals surface area contributed by atoms with Crippen molar-refractivity contribution in [2.45, 2.75) is 58.0 Å². The summed E-state index contributed by atoms with van der Waals surface area (Å²) >= 11 is 0. The Bertz CT molecular complexity index is 1340. The quantitative estimate of drug-likeness (QED) is 0.390. The molecule has 2 atom stereocenters. The summed E-state index contributed by atoms with van der Waals surface area (Å²) in [6.45, 7) is 6.08. The number of aromatic nitrogens is 3. The van der Waals surface area contributed by atoms with E-state index in [1.165, 1.54) is 6.92 Å². The second-order valence-corrected chi connectivity index (χ2v) is 10.6. The first-order chi connectivity index (χ1) is 19.0. The van der Waals surface area contributed by atoms with Crippen molar-refractivity contribution in [3.05, 3.63) is 65.6 Å². The van der Waals surface area contributed by atoms with E-state index in [0.29, 0.717) is 43.3 Å². The number of nitrogens with two attached hydrogens (primary N) is 1. The molecule has 0 spiro atoms. The number of hydrogen-bond donors (Lipinski definition) is 2. The molecule has 40 heavy (non-hydrogen) atoms. The first-order valence-electron chi connectivity index (χ1n) is 13.2. The van der Waals surface area contributed by atoms with E-state index in [1.807, 2.05) is 30.3 Å². The molecule has 4 rings (SSSR count). The van der Waals surface area contributed by atoms with Crippen LogP contribution in [0, 0.1) is 0 Å². The molecule has 1 aliphatic rings. The fourth-order valence-corrected chi connectivity index (χ4v) is 4.47. The second kappa shape index (κ2) is 12.4. The van der Waals surface area contributed by atoms with Crippen molar-refractivity contribution in [1.82, 2.24) is 29.7 Å². The van der Waals surface area contributed by atoms with Crippen LogP contribution in [0.15, 0.2) is 48.5 Å². The third kappa shape index (κ3) is 6.93. The highest BCUT2D eigenvalue weighted by molar-refractivity contribution is 5.85. The molecule has 12 nitrogen and oxygen atoms in total. The lowest BCUT2D eigenvalue weighted by Gasteiger charge is -2.24. The zero-order valence-electron chi connectivity index (χ0n) is 23.4. The number of fused-ring (bicyclic) bond motifs is 1. The summed E-state index contributed by atoms with van der Waals surface area (Å²) in [6.07, 6.45) is 0.227. The van der Waals surface area contributed by atoms with Crippen molar-refractivity contribution in [3.8, 4) is 0 Å². The van der Waals surface area contributed by atoms with Gasteiger partial charge >= 0.3 is 6.09 Å². The summed E-state index contributed by atoms with van der Waals surface area (Å²) < 4.78 is 13.4. The van der Waals surface area contributed by atoms with Crippen LogP contribution in [-0.4, -0.2) is 80.6 Å². The molecular formula is C28H37N7O5. The number of nitrogens with zero attached hydrogens (tertiary/aromatic N) is 5. The Hall–Kier alpha value is -4.03. The molecular weight excluding hydrogens is 514 g/mol. The van der Waals surface area contributed by atoms with Gasteiger partial charge in [0.05, 0.1) is 30.5 Å². The molecule has 0 radical (unpaired) electrons. The average molecular weight is 552 g/mol. The fraction of sp³-hybridized carbons (Fsp3) is 0.464. The Labute approximate surface area is 233 Å². The molecule has 0 bridgehead atoms. The van der Waals surface area contributed by atoms with E-state index in [-0.39, 0.29) is 31.1 Å². The van der Waals surface area contributed by atoms with Gasteiger partial charge in [0, 0.05) is 27.1 Å². The predicted octanol–water partition coefficient (Wildman–Crippen LogP) is 2.03. The summed E-state index contributed by atoms with van der Waals surface area (Å²) in [5.41, 5.74) is 7.07. The molecule has 3 amide bonds. The van der Waals surface area contributed by atoms with Crippen LogP contribution in [0.3, 0.4) is 0 Å². The maximum absolute atomic E-state index is 12.9.